The second-order valence-electron chi connectivity index (χ2n) is 3.72. The SMILES string of the molecule is CCCOc1nc(Cl)nc(-c2cc(F)cc(Cl)c2)n1. The average molecular weight is 302 g/mol. The van der Waals surface area contributed by atoms with E-state index in [4.69, 9.17) is 27.9 Å². The lowest BCUT2D eigenvalue weighted by Gasteiger charge is -2.05. The number of hydrogen-bond donors (Lipinski definition) is 0. The van der Waals surface area contributed by atoms with Gasteiger partial charge in [-0.15, -0.1) is 0 Å². The Balaban J connectivity index is 2.40. The number of nitrogens with zero attached hydrogens (tertiary/aromatic N) is 3. The normalized spacial score (nSPS) is 10.5. The Morgan fingerprint density at radius 1 is 1.16 bits per heavy atom. The third-order valence-electron chi connectivity index (χ3n) is 2.14. The molecule has 0 saturated carbocycles. The van der Waals surface area contributed by atoms with Gasteiger partial charge in [-0.05, 0) is 36.2 Å². The lowest BCUT2D eigenvalue weighted by atomic mass is 10.2. The molecule has 0 aliphatic carbocycles. The summed E-state index contributed by atoms with van der Waals surface area (Å²) in [6, 6.07) is 4.11. The summed E-state index contributed by atoms with van der Waals surface area (Å²) in [4.78, 5) is 11.8. The van der Waals surface area contributed by atoms with Gasteiger partial charge in [-0.2, -0.15) is 15.0 Å². The minimum atomic E-state index is -0.477. The van der Waals surface area contributed by atoms with Crippen LogP contribution in [0.25, 0.3) is 11.4 Å². The van der Waals surface area contributed by atoms with Crippen LogP contribution in [0.3, 0.4) is 0 Å². The predicted molar refractivity (Wildman–Crippen MR) is 71.0 cm³/mol. The first kappa shape index (κ1) is 14.0. The highest BCUT2D eigenvalue weighted by molar-refractivity contribution is 6.30. The van der Waals surface area contributed by atoms with Gasteiger partial charge in [0.05, 0.1) is 6.61 Å². The minimum Gasteiger partial charge on any atom is -0.463 e. The molecule has 7 heteroatoms. The van der Waals surface area contributed by atoms with Gasteiger partial charge < -0.3 is 4.74 Å². The van der Waals surface area contributed by atoms with Crippen molar-refractivity contribution >= 4 is 23.2 Å². The van der Waals surface area contributed by atoms with Gasteiger partial charge in [-0.25, -0.2) is 4.39 Å². The maximum atomic E-state index is 13.3. The first-order valence-corrected chi connectivity index (χ1v) is 6.35. The molecule has 0 spiro atoms. The van der Waals surface area contributed by atoms with Crippen LogP contribution in [0.15, 0.2) is 18.2 Å². The van der Waals surface area contributed by atoms with Gasteiger partial charge in [-0.3, -0.25) is 0 Å². The zero-order valence-corrected chi connectivity index (χ0v) is 11.5. The molecule has 0 radical (unpaired) electrons. The molecule has 0 N–H and O–H groups in total. The van der Waals surface area contributed by atoms with Crippen molar-refractivity contribution in [2.45, 2.75) is 13.3 Å². The molecule has 0 aliphatic rings. The Bertz CT molecular complexity index is 575. The van der Waals surface area contributed by atoms with Crippen LogP contribution >= 0.6 is 23.2 Å². The minimum absolute atomic E-state index is 0.0171. The van der Waals surface area contributed by atoms with E-state index in [0.717, 1.165) is 6.42 Å². The van der Waals surface area contributed by atoms with E-state index < -0.39 is 5.82 Å². The highest BCUT2D eigenvalue weighted by atomic mass is 35.5. The van der Waals surface area contributed by atoms with Crippen LogP contribution < -0.4 is 4.74 Å². The number of rotatable bonds is 4. The zero-order chi connectivity index (χ0) is 13.8. The largest absolute Gasteiger partial charge is 0.463 e. The van der Waals surface area contributed by atoms with Crippen LogP contribution in [0, 0.1) is 5.82 Å². The maximum Gasteiger partial charge on any atom is 0.321 e. The number of benzene rings is 1. The van der Waals surface area contributed by atoms with E-state index in [2.05, 4.69) is 15.0 Å². The summed E-state index contributed by atoms with van der Waals surface area (Å²) in [5, 5.41) is 0.235. The molecule has 1 aromatic heterocycles. The van der Waals surface area contributed by atoms with Crippen LogP contribution in [-0.2, 0) is 0 Å². The molecule has 100 valence electrons. The number of aromatic nitrogens is 3. The van der Waals surface area contributed by atoms with Gasteiger partial charge >= 0.3 is 6.01 Å². The Kier molecular flexibility index (Phi) is 4.50. The summed E-state index contributed by atoms with van der Waals surface area (Å²) in [7, 11) is 0. The highest BCUT2D eigenvalue weighted by Crippen LogP contribution is 2.23. The molecular weight excluding hydrogens is 292 g/mol. The summed E-state index contributed by atoms with van der Waals surface area (Å²) in [6.45, 7) is 2.42. The third kappa shape index (κ3) is 3.75. The molecule has 0 bridgehead atoms. The molecule has 1 heterocycles. The summed E-state index contributed by atoms with van der Waals surface area (Å²) in [5.74, 6) is -0.262. The molecule has 4 nitrogen and oxygen atoms in total. The Hall–Kier alpha value is -1.46. The number of hydrogen-bond acceptors (Lipinski definition) is 4. The molecule has 0 fully saturated rings. The van der Waals surface area contributed by atoms with Gasteiger partial charge in [0.1, 0.15) is 5.82 Å². The Morgan fingerprint density at radius 2 is 1.95 bits per heavy atom. The molecule has 2 aromatic rings. The topological polar surface area (TPSA) is 47.9 Å². The van der Waals surface area contributed by atoms with Gasteiger partial charge in [0, 0.05) is 10.6 Å². The molecule has 0 amide bonds. The second kappa shape index (κ2) is 6.12. The van der Waals surface area contributed by atoms with E-state index in [0.29, 0.717) is 12.2 Å². The molecular formula is C12H10Cl2FN3O. The van der Waals surface area contributed by atoms with E-state index >= 15 is 0 Å². The van der Waals surface area contributed by atoms with Crippen molar-refractivity contribution in [3.63, 3.8) is 0 Å². The monoisotopic (exact) mass is 301 g/mol. The second-order valence-corrected chi connectivity index (χ2v) is 4.49. The number of ether oxygens (including phenoxy) is 1. The van der Waals surface area contributed by atoms with Crippen LogP contribution in [0.2, 0.25) is 10.3 Å². The lowest BCUT2D eigenvalue weighted by Crippen LogP contribution is -2.03. The van der Waals surface area contributed by atoms with Crippen LogP contribution in [0.4, 0.5) is 4.39 Å². The van der Waals surface area contributed by atoms with E-state index in [-0.39, 0.29) is 22.1 Å². The fraction of sp³-hybridized carbons (Fsp3) is 0.250. The smallest absolute Gasteiger partial charge is 0.321 e. The fourth-order valence-electron chi connectivity index (χ4n) is 1.40. The van der Waals surface area contributed by atoms with Crippen molar-refractivity contribution in [1.82, 2.24) is 15.0 Å². The average Bonchev–Trinajstić information content (AvgIpc) is 2.34. The zero-order valence-electron chi connectivity index (χ0n) is 10.0. The molecule has 0 aliphatic heterocycles. The Labute approximate surface area is 119 Å². The maximum absolute atomic E-state index is 13.3. The first-order valence-electron chi connectivity index (χ1n) is 5.59. The molecule has 2 rings (SSSR count). The van der Waals surface area contributed by atoms with Crippen LogP contribution in [0.5, 0.6) is 6.01 Å². The van der Waals surface area contributed by atoms with Gasteiger partial charge in [0.15, 0.2) is 5.82 Å². The van der Waals surface area contributed by atoms with E-state index in [1.165, 1.54) is 12.1 Å². The molecule has 19 heavy (non-hydrogen) atoms. The standard InChI is InChI=1S/C12H10Cl2FN3O/c1-2-3-19-12-17-10(16-11(14)18-12)7-4-8(13)6-9(15)5-7/h4-6H,2-3H2,1H3. The summed E-state index contributed by atoms with van der Waals surface area (Å²) >= 11 is 11.6. The lowest BCUT2D eigenvalue weighted by molar-refractivity contribution is 0.291. The molecule has 0 atom stereocenters. The summed E-state index contributed by atoms with van der Waals surface area (Å²) in [6.07, 6.45) is 0.810. The van der Waals surface area contributed by atoms with Crippen LogP contribution in [0.1, 0.15) is 13.3 Å². The van der Waals surface area contributed by atoms with Crippen molar-refractivity contribution < 1.29 is 9.13 Å². The van der Waals surface area contributed by atoms with Crippen molar-refractivity contribution in [3.05, 3.63) is 34.3 Å². The van der Waals surface area contributed by atoms with Crippen molar-refractivity contribution in [1.29, 1.82) is 0 Å². The fourth-order valence-corrected chi connectivity index (χ4v) is 1.78. The summed E-state index contributed by atoms with van der Waals surface area (Å²) in [5.41, 5.74) is 0.413. The van der Waals surface area contributed by atoms with Crippen molar-refractivity contribution in [2.75, 3.05) is 6.61 Å². The van der Waals surface area contributed by atoms with E-state index in [9.17, 15) is 4.39 Å². The van der Waals surface area contributed by atoms with Gasteiger partial charge in [0.25, 0.3) is 0 Å². The predicted octanol–water partition coefficient (Wildman–Crippen LogP) is 3.77. The summed E-state index contributed by atoms with van der Waals surface area (Å²) < 4.78 is 18.6. The molecule has 0 unspecified atom stereocenters. The van der Waals surface area contributed by atoms with Gasteiger partial charge in [-0.1, -0.05) is 18.5 Å². The highest BCUT2D eigenvalue weighted by Gasteiger charge is 2.10. The van der Waals surface area contributed by atoms with E-state index in [1.807, 2.05) is 6.92 Å². The van der Waals surface area contributed by atoms with E-state index in [1.54, 1.807) is 6.07 Å². The Morgan fingerprint density at radius 3 is 2.63 bits per heavy atom. The van der Waals surface area contributed by atoms with Crippen molar-refractivity contribution in [3.8, 4) is 17.4 Å². The number of halogens is 3. The first-order chi connectivity index (χ1) is 9.08. The quantitative estimate of drug-likeness (QED) is 0.862. The van der Waals surface area contributed by atoms with Crippen molar-refractivity contribution in [2.24, 2.45) is 0 Å². The molecule has 1 aromatic carbocycles. The third-order valence-corrected chi connectivity index (χ3v) is 2.53. The van der Waals surface area contributed by atoms with Crippen LogP contribution in [-0.4, -0.2) is 21.6 Å². The molecule has 0 saturated heterocycles. The van der Waals surface area contributed by atoms with Gasteiger partial charge in [0.2, 0.25) is 5.28 Å².